The van der Waals surface area contributed by atoms with Crippen molar-refractivity contribution >= 4 is 11.3 Å². The molecule has 0 saturated carbocycles. The number of aromatic nitrogens is 1. The van der Waals surface area contributed by atoms with Crippen LogP contribution in [0.15, 0.2) is 10.9 Å². The van der Waals surface area contributed by atoms with Gasteiger partial charge in [0.1, 0.15) is 0 Å². The Hall–Kier alpha value is -0.920. The van der Waals surface area contributed by atoms with Gasteiger partial charge in [-0.15, -0.1) is 11.3 Å². The first kappa shape index (κ1) is 9.32. The Kier molecular flexibility index (Phi) is 2.04. The summed E-state index contributed by atoms with van der Waals surface area (Å²) in [6.07, 6.45) is 4.30. The van der Waals surface area contributed by atoms with Crippen LogP contribution in [0.1, 0.15) is 25.0 Å². The molecule has 3 rings (SSSR count). The molecule has 3 atom stereocenters. The van der Waals surface area contributed by atoms with Crippen molar-refractivity contribution in [1.82, 2.24) is 4.98 Å². The number of nitrogens with zero attached hydrogens (tertiary/aromatic N) is 2. The summed E-state index contributed by atoms with van der Waals surface area (Å²) in [6.45, 7) is 0. The molecule has 2 aliphatic heterocycles. The van der Waals surface area contributed by atoms with E-state index >= 15 is 0 Å². The van der Waals surface area contributed by atoms with Gasteiger partial charge in [0.2, 0.25) is 0 Å². The molecule has 0 aliphatic carbocycles. The lowest BCUT2D eigenvalue weighted by molar-refractivity contribution is 0.0785. The second kappa shape index (κ2) is 3.29. The third kappa shape index (κ3) is 1.38. The summed E-state index contributed by atoms with van der Waals surface area (Å²) >= 11 is 1.59. The van der Waals surface area contributed by atoms with E-state index in [1.165, 1.54) is 0 Å². The van der Waals surface area contributed by atoms with E-state index in [0.717, 1.165) is 31.4 Å². The zero-order valence-corrected chi connectivity index (χ0v) is 9.17. The maximum Gasteiger partial charge on any atom is 0.0915 e. The summed E-state index contributed by atoms with van der Waals surface area (Å²) in [5.41, 5.74) is 2.57. The molecule has 1 aromatic rings. The van der Waals surface area contributed by atoms with Gasteiger partial charge in [0.15, 0.2) is 0 Å². The van der Waals surface area contributed by atoms with Crippen LogP contribution in [0.2, 0.25) is 0 Å². The van der Waals surface area contributed by atoms with Crippen LogP contribution in [0, 0.1) is 16.7 Å². The highest BCUT2D eigenvalue weighted by Gasteiger charge is 2.53. The number of rotatable bonds is 2. The van der Waals surface area contributed by atoms with E-state index in [1.807, 2.05) is 10.9 Å². The van der Waals surface area contributed by atoms with Gasteiger partial charge >= 0.3 is 0 Å². The van der Waals surface area contributed by atoms with Crippen molar-refractivity contribution in [3.05, 3.63) is 16.6 Å². The van der Waals surface area contributed by atoms with Gasteiger partial charge in [-0.1, -0.05) is 0 Å². The molecule has 2 bridgehead atoms. The third-order valence-electron chi connectivity index (χ3n) is 3.52. The van der Waals surface area contributed by atoms with Gasteiger partial charge < -0.3 is 4.74 Å². The molecule has 0 spiro atoms. The van der Waals surface area contributed by atoms with Gasteiger partial charge in [-0.05, 0) is 19.3 Å². The normalized spacial score (nSPS) is 38.1. The lowest BCUT2D eigenvalue weighted by atomic mass is 9.72. The van der Waals surface area contributed by atoms with Crippen LogP contribution in [0.3, 0.4) is 0 Å². The number of hydrogen-bond acceptors (Lipinski definition) is 4. The molecule has 0 N–H and O–H groups in total. The van der Waals surface area contributed by atoms with E-state index in [4.69, 9.17) is 4.74 Å². The van der Waals surface area contributed by atoms with Crippen LogP contribution in [0.4, 0.5) is 0 Å². The molecule has 3 heterocycles. The fourth-order valence-electron chi connectivity index (χ4n) is 2.79. The summed E-state index contributed by atoms with van der Waals surface area (Å²) in [5.74, 6) is 0. The van der Waals surface area contributed by atoms with Crippen molar-refractivity contribution < 1.29 is 4.74 Å². The summed E-state index contributed by atoms with van der Waals surface area (Å²) in [5, 5.41) is 11.4. The first-order valence-corrected chi connectivity index (χ1v) is 6.20. The van der Waals surface area contributed by atoms with Gasteiger partial charge in [-0.2, -0.15) is 5.26 Å². The quantitative estimate of drug-likeness (QED) is 0.767. The number of nitriles is 1. The summed E-state index contributed by atoms with van der Waals surface area (Å²) in [7, 11) is 0. The Morgan fingerprint density at radius 2 is 2.60 bits per heavy atom. The van der Waals surface area contributed by atoms with Gasteiger partial charge in [-0.25, -0.2) is 4.98 Å². The highest BCUT2D eigenvalue weighted by Crippen LogP contribution is 2.49. The second-order valence-corrected chi connectivity index (χ2v) is 5.17. The van der Waals surface area contributed by atoms with Crippen LogP contribution >= 0.6 is 11.3 Å². The van der Waals surface area contributed by atoms with E-state index in [-0.39, 0.29) is 11.5 Å². The molecule has 78 valence electrons. The largest absolute Gasteiger partial charge is 0.373 e. The second-order valence-electron chi connectivity index (χ2n) is 4.45. The average Bonchev–Trinajstić information content (AvgIpc) is 2.93. The molecule has 4 heteroatoms. The van der Waals surface area contributed by atoms with Gasteiger partial charge in [0.05, 0.1) is 34.9 Å². The minimum Gasteiger partial charge on any atom is -0.373 e. The standard InChI is InChI=1S/C11H12N2OS/c12-6-11(3-8-5-15-7-13-8)4-9-1-2-10(11)14-9/h5,7,9-10H,1-4H2. The average molecular weight is 220 g/mol. The Bertz CT molecular complexity index is 397. The van der Waals surface area contributed by atoms with E-state index in [9.17, 15) is 5.26 Å². The molecular weight excluding hydrogens is 208 g/mol. The first-order chi connectivity index (χ1) is 7.32. The smallest absolute Gasteiger partial charge is 0.0915 e. The molecule has 2 saturated heterocycles. The predicted octanol–water partition coefficient (Wildman–Crippen LogP) is 2.15. The molecule has 1 aromatic heterocycles. The zero-order chi connectivity index (χ0) is 10.3. The first-order valence-electron chi connectivity index (χ1n) is 5.26. The van der Waals surface area contributed by atoms with E-state index in [0.29, 0.717) is 6.10 Å². The van der Waals surface area contributed by atoms with Gasteiger partial charge in [-0.3, -0.25) is 0 Å². The number of hydrogen-bond donors (Lipinski definition) is 0. The monoisotopic (exact) mass is 220 g/mol. The summed E-state index contributed by atoms with van der Waals surface area (Å²) in [6, 6.07) is 2.49. The minimum absolute atomic E-state index is 0.147. The Balaban J connectivity index is 1.86. The highest BCUT2D eigenvalue weighted by atomic mass is 32.1. The summed E-state index contributed by atoms with van der Waals surface area (Å²) < 4.78 is 5.78. The van der Waals surface area contributed by atoms with Crippen LogP contribution < -0.4 is 0 Å². The highest BCUT2D eigenvalue weighted by molar-refractivity contribution is 7.07. The van der Waals surface area contributed by atoms with Crippen LogP contribution in [0.25, 0.3) is 0 Å². The molecule has 0 radical (unpaired) electrons. The van der Waals surface area contributed by atoms with Crippen molar-refractivity contribution in [2.75, 3.05) is 0 Å². The number of ether oxygens (including phenoxy) is 1. The van der Waals surface area contributed by atoms with Crippen LogP contribution in [-0.2, 0) is 11.2 Å². The van der Waals surface area contributed by atoms with E-state index in [2.05, 4.69) is 11.1 Å². The van der Waals surface area contributed by atoms with Crippen LogP contribution in [-0.4, -0.2) is 17.2 Å². The maximum absolute atomic E-state index is 9.38. The summed E-state index contributed by atoms with van der Waals surface area (Å²) in [4.78, 5) is 4.27. The Morgan fingerprint density at radius 3 is 3.13 bits per heavy atom. The molecular formula is C11H12N2OS. The molecule has 15 heavy (non-hydrogen) atoms. The number of thiazole rings is 1. The van der Waals surface area contributed by atoms with Crippen molar-refractivity contribution in [3.8, 4) is 6.07 Å². The Labute approximate surface area is 92.7 Å². The molecule has 0 amide bonds. The van der Waals surface area contributed by atoms with Crippen molar-refractivity contribution in [1.29, 1.82) is 5.26 Å². The molecule has 0 aromatic carbocycles. The Morgan fingerprint density at radius 1 is 1.67 bits per heavy atom. The topological polar surface area (TPSA) is 45.9 Å². The number of fused-ring (bicyclic) bond motifs is 2. The fraction of sp³-hybridized carbons (Fsp3) is 0.636. The zero-order valence-electron chi connectivity index (χ0n) is 8.35. The third-order valence-corrected chi connectivity index (χ3v) is 4.15. The molecule has 3 nitrogen and oxygen atoms in total. The van der Waals surface area contributed by atoms with Crippen molar-refractivity contribution in [3.63, 3.8) is 0 Å². The van der Waals surface area contributed by atoms with Crippen LogP contribution in [0.5, 0.6) is 0 Å². The van der Waals surface area contributed by atoms with Gasteiger partial charge in [0.25, 0.3) is 0 Å². The fourth-order valence-corrected chi connectivity index (χ4v) is 3.35. The maximum atomic E-state index is 9.38. The SMILES string of the molecule is N#CC1(Cc2cscn2)CC2CCC1O2. The minimum atomic E-state index is -0.295. The lowest BCUT2D eigenvalue weighted by Gasteiger charge is -2.27. The predicted molar refractivity (Wildman–Crippen MR) is 56.4 cm³/mol. The van der Waals surface area contributed by atoms with E-state index in [1.54, 1.807) is 11.3 Å². The molecule has 2 aliphatic rings. The van der Waals surface area contributed by atoms with Gasteiger partial charge in [0, 0.05) is 11.8 Å². The van der Waals surface area contributed by atoms with Crippen molar-refractivity contribution in [2.24, 2.45) is 5.41 Å². The van der Waals surface area contributed by atoms with E-state index < -0.39 is 0 Å². The molecule has 2 fully saturated rings. The molecule has 3 unspecified atom stereocenters. The lowest BCUT2D eigenvalue weighted by Crippen LogP contribution is -2.33. The van der Waals surface area contributed by atoms with Crippen molar-refractivity contribution in [2.45, 2.75) is 37.9 Å².